The quantitative estimate of drug-likeness (QED) is 0.364. The first-order chi connectivity index (χ1) is 7.93. The van der Waals surface area contributed by atoms with Crippen LogP contribution in [0.4, 0.5) is 0 Å². The van der Waals surface area contributed by atoms with Crippen LogP contribution in [0.15, 0.2) is 0 Å². The summed E-state index contributed by atoms with van der Waals surface area (Å²) in [6.45, 7) is 0.948. The van der Waals surface area contributed by atoms with Crippen LogP contribution in [0, 0.1) is 0 Å². The lowest BCUT2D eigenvalue weighted by atomic mass is 9.90. The average molecular weight is 250 g/mol. The third-order valence-electron chi connectivity index (χ3n) is 2.92. The molecule has 100 valence electrons. The summed E-state index contributed by atoms with van der Waals surface area (Å²) in [6, 6.07) is 0. The molecule has 17 heavy (non-hydrogen) atoms. The highest BCUT2D eigenvalue weighted by Crippen LogP contribution is 2.23. The van der Waals surface area contributed by atoms with E-state index in [0.29, 0.717) is 0 Å². The van der Waals surface area contributed by atoms with Gasteiger partial charge in [0.25, 0.3) is 0 Å². The van der Waals surface area contributed by atoms with Crippen molar-refractivity contribution in [3.8, 4) is 0 Å². The zero-order chi connectivity index (χ0) is 13.2. The normalized spacial score (nSPS) is 40.0. The van der Waals surface area contributed by atoms with Gasteiger partial charge in [-0.25, -0.2) is 0 Å². The summed E-state index contributed by atoms with van der Waals surface area (Å²) >= 11 is 0. The maximum Gasteiger partial charge on any atom is 0.163 e. The molecule has 0 amide bonds. The maximum absolute atomic E-state index is 11.3. The number of hydrogen-bond donors (Lipinski definition) is 5. The number of rotatable bonds is 4. The molecule has 2 unspecified atom stereocenters. The molecule has 0 aromatic heterocycles. The van der Waals surface area contributed by atoms with Gasteiger partial charge in [-0.3, -0.25) is 4.79 Å². The Hall–Kier alpha value is -0.570. The molecule has 7 nitrogen and oxygen atoms in total. The molecular formula is C10H18O7. The molecule has 1 saturated heterocycles. The van der Waals surface area contributed by atoms with Crippen LogP contribution in [-0.2, 0) is 9.53 Å². The molecule has 0 bridgehead atoms. The Morgan fingerprint density at radius 2 is 1.82 bits per heavy atom. The van der Waals surface area contributed by atoms with Crippen LogP contribution in [0.1, 0.15) is 13.3 Å². The van der Waals surface area contributed by atoms with Gasteiger partial charge in [-0.2, -0.15) is 0 Å². The Labute approximate surface area is 98.3 Å². The van der Waals surface area contributed by atoms with Crippen molar-refractivity contribution in [3.05, 3.63) is 0 Å². The first-order valence-electron chi connectivity index (χ1n) is 5.45. The number of hydrogen-bond acceptors (Lipinski definition) is 7. The standard InChI is InChI=1S/C10H18O7/c1-2-4(12)6(13)10-9(16)8(15)7(14)5(3-11)17-10/h5-11,13-16H,2-3H2,1H3/t5-,6?,7-,8+,9+,10?/m1/s1. The summed E-state index contributed by atoms with van der Waals surface area (Å²) in [6.07, 6.45) is -8.66. The Balaban J connectivity index is 2.81. The van der Waals surface area contributed by atoms with Crippen molar-refractivity contribution in [3.63, 3.8) is 0 Å². The molecule has 1 aliphatic heterocycles. The van der Waals surface area contributed by atoms with Gasteiger partial charge in [0, 0.05) is 6.42 Å². The van der Waals surface area contributed by atoms with Crippen LogP contribution >= 0.6 is 0 Å². The zero-order valence-corrected chi connectivity index (χ0v) is 9.43. The number of ketones is 1. The summed E-state index contributed by atoms with van der Waals surface area (Å²) in [5, 5.41) is 47.1. The predicted octanol–water partition coefficient (Wildman–Crippen LogP) is -2.83. The molecule has 1 heterocycles. The lowest BCUT2D eigenvalue weighted by Gasteiger charge is -2.41. The van der Waals surface area contributed by atoms with Crippen molar-refractivity contribution in [2.24, 2.45) is 0 Å². The molecule has 1 aliphatic rings. The molecule has 1 rings (SSSR count). The molecule has 0 spiro atoms. The first-order valence-corrected chi connectivity index (χ1v) is 5.45. The van der Waals surface area contributed by atoms with Crippen molar-refractivity contribution in [2.45, 2.75) is 50.0 Å². The number of aliphatic hydroxyl groups excluding tert-OH is 5. The Bertz CT molecular complexity index is 267. The molecule has 0 radical (unpaired) electrons. The molecule has 1 fully saturated rings. The SMILES string of the molecule is CCC(=O)C(O)C1O[C@H](CO)[C@@H](O)[C@H](O)[C@@H]1O. The fraction of sp³-hybridized carbons (Fsp3) is 0.900. The molecule has 0 saturated carbocycles. The largest absolute Gasteiger partial charge is 0.394 e. The van der Waals surface area contributed by atoms with Crippen LogP contribution in [0.25, 0.3) is 0 Å². The molecule has 6 atom stereocenters. The number of Topliss-reactive ketones (excluding diaryl/α,β-unsaturated/α-hetero) is 1. The lowest BCUT2D eigenvalue weighted by molar-refractivity contribution is -0.246. The topological polar surface area (TPSA) is 127 Å². The Kier molecular flexibility index (Phi) is 4.99. The van der Waals surface area contributed by atoms with Crippen molar-refractivity contribution in [1.29, 1.82) is 0 Å². The summed E-state index contributed by atoms with van der Waals surface area (Å²) in [7, 11) is 0. The number of aliphatic hydroxyl groups is 5. The fourth-order valence-electron chi connectivity index (χ4n) is 1.78. The van der Waals surface area contributed by atoms with Crippen molar-refractivity contribution >= 4 is 5.78 Å². The third-order valence-corrected chi connectivity index (χ3v) is 2.92. The second-order valence-corrected chi connectivity index (χ2v) is 4.06. The van der Waals surface area contributed by atoms with E-state index in [1.807, 2.05) is 0 Å². The Morgan fingerprint density at radius 3 is 2.29 bits per heavy atom. The van der Waals surface area contributed by atoms with E-state index in [9.17, 15) is 25.2 Å². The van der Waals surface area contributed by atoms with Crippen LogP contribution < -0.4 is 0 Å². The van der Waals surface area contributed by atoms with E-state index >= 15 is 0 Å². The Morgan fingerprint density at radius 1 is 1.24 bits per heavy atom. The van der Waals surface area contributed by atoms with E-state index in [-0.39, 0.29) is 6.42 Å². The van der Waals surface area contributed by atoms with Gasteiger partial charge in [0.05, 0.1) is 6.61 Å². The van der Waals surface area contributed by atoms with E-state index in [0.717, 1.165) is 0 Å². The van der Waals surface area contributed by atoms with Gasteiger partial charge in [0.2, 0.25) is 0 Å². The minimum atomic E-state index is -1.59. The van der Waals surface area contributed by atoms with Gasteiger partial charge in [-0.15, -0.1) is 0 Å². The minimum Gasteiger partial charge on any atom is -0.394 e. The number of carbonyl (C=O) groups excluding carboxylic acids is 1. The molecule has 0 aromatic carbocycles. The first kappa shape index (κ1) is 14.5. The zero-order valence-electron chi connectivity index (χ0n) is 9.43. The van der Waals surface area contributed by atoms with Gasteiger partial charge >= 0.3 is 0 Å². The van der Waals surface area contributed by atoms with E-state index in [1.165, 1.54) is 6.92 Å². The summed E-state index contributed by atoms with van der Waals surface area (Å²) in [4.78, 5) is 11.3. The fourth-order valence-corrected chi connectivity index (χ4v) is 1.78. The van der Waals surface area contributed by atoms with Gasteiger partial charge < -0.3 is 30.3 Å². The van der Waals surface area contributed by atoms with Crippen molar-refractivity contribution in [1.82, 2.24) is 0 Å². The highest BCUT2D eigenvalue weighted by Gasteiger charge is 2.47. The lowest BCUT2D eigenvalue weighted by Crippen LogP contribution is -2.62. The van der Waals surface area contributed by atoms with Gasteiger partial charge in [-0.05, 0) is 0 Å². The summed E-state index contributed by atoms with van der Waals surface area (Å²) in [5.74, 6) is -0.547. The molecule has 5 N–H and O–H groups in total. The highest BCUT2D eigenvalue weighted by molar-refractivity contribution is 5.83. The highest BCUT2D eigenvalue weighted by atomic mass is 16.6. The van der Waals surface area contributed by atoms with Crippen LogP contribution in [-0.4, -0.2) is 74.5 Å². The van der Waals surface area contributed by atoms with E-state index in [2.05, 4.69) is 0 Å². The van der Waals surface area contributed by atoms with E-state index in [1.54, 1.807) is 0 Å². The van der Waals surface area contributed by atoms with Crippen molar-refractivity contribution < 1.29 is 35.1 Å². The maximum atomic E-state index is 11.3. The van der Waals surface area contributed by atoms with E-state index < -0.39 is 49.0 Å². The average Bonchev–Trinajstić information content (AvgIpc) is 2.34. The smallest absolute Gasteiger partial charge is 0.163 e. The van der Waals surface area contributed by atoms with Gasteiger partial charge in [0.15, 0.2) is 5.78 Å². The summed E-state index contributed by atoms with van der Waals surface area (Å²) in [5.41, 5.74) is 0. The monoisotopic (exact) mass is 250 g/mol. The second kappa shape index (κ2) is 5.85. The minimum absolute atomic E-state index is 0.0518. The van der Waals surface area contributed by atoms with Crippen LogP contribution in [0.3, 0.4) is 0 Å². The third kappa shape index (κ3) is 2.82. The molecule has 7 heteroatoms. The predicted molar refractivity (Wildman–Crippen MR) is 55.1 cm³/mol. The van der Waals surface area contributed by atoms with Crippen molar-refractivity contribution in [2.75, 3.05) is 6.61 Å². The van der Waals surface area contributed by atoms with Crippen LogP contribution in [0.2, 0.25) is 0 Å². The molecule has 0 aromatic rings. The van der Waals surface area contributed by atoms with Crippen LogP contribution in [0.5, 0.6) is 0 Å². The number of carbonyl (C=O) groups is 1. The molecular weight excluding hydrogens is 232 g/mol. The van der Waals surface area contributed by atoms with E-state index in [4.69, 9.17) is 9.84 Å². The second-order valence-electron chi connectivity index (χ2n) is 4.06. The number of ether oxygens (including phenoxy) is 1. The molecule has 0 aliphatic carbocycles. The van der Waals surface area contributed by atoms with Gasteiger partial charge in [0.1, 0.15) is 36.6 Å². The van der Waals surface area contributed by atoms with Gasteiger partial charge in [-0.1, -0.05) is 6.92 Å². The summed E-state index contributed by atoms with van der Waals surface area (Å²) < 4.78 is 5.03.